The predicted octanol–water partition coefficient (Wildman–Crippen LogP) is 0.520. The molecule has 2 heterocycles. The molecule has 2 aliphatic rings. The monoisotopic (exact) mass is 636 g/mol. The Kier molecular flexibility index (Phi) is 13.7. The van der Waals surface area contributed by atoms with E-state index in [1.54, 1.807) is 48.5 Å². The Morgan fingerprint density at radius 2 is 1.00 bits per heavy atom. The van der Waals surface area contributed by atoms with Crippen molar-refractivity contribution in [3.05, 3.63) is 59.7 Å². The number of nitrogens with one attached hydrogen (secondary N) is 4. The third-order valence-electron chi connectivity index (χ3n) is 5.67. The van der Waals surface area contributed by atoms with Crippen LogP contribution in [0.3, 0.4) is 0 Å². The highest BCUT2D eigenvalue weighted by atomic mass is 35.5. The number of sulfonamides is 2. The van der Waals surface area contributed by atoms with Crippen molar-refractivity contribution in [2.24, 2.45) is 9.98 Å². The van der Waals surface area contributed by atoms with Crippen LogP contribution in [0.2, 0.25) is 0 Å². The number of hydrogen-bond donors (Lipinski definition) is 4. The van der Waals surface area contributed by atoms with Crippen molar-refractivity contribution >= 4 is 56.5 Å². The fourth-order valence-electron chi connectivity index (χ4n) is 3.75. The molecule has 0 radical (unpaired) electrons. The zero-order valence-corrected chi connectivity index (χ0v) is 24.9. The Bertz CT molecular complexity index is 1250. The average Bonchev–Trinajstić information content (AvgIpc) is 3.65. The molecule has 0 atom stereocenters. The molecule has 0 unspecified atom stereocenters. The lowest BCUT2D eigenvalue weighted by Gasteiger charge is -2.10. The van der Waals surface area contributed by atoms with Crippen molar-refractivity contribution in [3.8, 4) is 0 Å². The highest BCUT2D eigenvalue weighted by Gasteiger charge is 2.16. The fourth-order valence-corrected chi connectivity index (χ4v) is 5.78. The van der Waals surface area contributed by atoms with E-state index in [0.717, 1.165) is 35.9 Å². The second-order valence-corrected chi connectivity index (χ2v) is 11.9. The van der Waals surface area contributed by atoms with Gasteiger partial charge in [0.05, 0.1) is 49.3 Å². The molecular formula is C24H34Cl2N6O6S2. The summed E-state index contributed by atoms with van der Waals surface area (Å²) >= 11 is 0. The lowest BCUT2D eigenvalue weighted by atomic mass is 10.2. The first-order valence-electron chi connectivity index (χ1n) is 12.3. The second-order valence-electron chi connectivity index (χ2n) is 8.38. The summed E-state index contributed by atoms with van der Waals surface area (Å²) in [5.74, 6) is 1.54. The van der Waals surface area contributed by atoms with E-state index in [2.05, 4.69) is 30.1 Å². The predicted molar refractivity (Wildman–Crippen MR) is 158 cm³/mol. The van der Waals surface area contributed by atoms with Gasteiger partial charge in [-0.3, -0.25) is 9.98 Å². The van der Waals surface area contributed by atoms with Gasteiger partial charge in [0.1, 0.15) is 11.7 Å². The van der Waals surface area contributed by atoms with Gasteiger partial charge >= 0.3 is 0 Å². The zero-order chi connectivity index (χ0) is 26.8. The first kappa shape index (κ1) is 33.9. The summed E-state index contributed by atoms with van der Waals surface area (Å²) in [5.41, 5.74) is 1.69. The first-order valence-corrected chi connectivity index (χ1v) is 15.2. The topological polar surface area (TPSA) is 160 Å². The van der Waals surface area contributed by atoms with Gasteiger partial charge in [-0.15, -0.1) is 24.8 Å². The molecule has 0 saturated heterocycles. The number of benzene rings is 2. The number of aliphatic imine (C=N–C) groups is 2. The van der Waals surface area contributed by atoms with Crippen LogP contribution in [0.4, 0.5) is 0 Å². The van der Waals surface area contributed by atoms with Crippen LogP contribution in [0.15, 0.2) is 68.3 Å². The summed E-state index contributed by atoms with van der Waals surface area (Å²) in [6, 6.07) is 13.1. The Morgan fingerprint density at radius 1 is 0.625 bits per heavy atom. The molecule has 222 valence electrons. The maximum absolute atomic E-state index is 12.4. The SMILES string of the molecule is Cl.Cl.O=S(=O)(NCCOCCOCCNS(=O)(=O)c1ccc(C2=NCCN2)cc1)c1ccc(C2=NCCN2)cc1. The summed E-state index contributed by atoms with van der Waals surface area (Å²) in [6.45, 7) is 4.06. The van der Waals surface area contributed by atoms with E-state index in [9.17, 15) is 16.8 Å². The number of halogens is 2. The summed E-state index contributed by atoms with van der Waals surface area (Å²) in [4.78, 5) is 8.97. The van der Waals surface area contributed by atoms with E-state index in [-0.39, 0.29) is 74.1 Å². The summed E-state index contributed by atoms with van der Waals surface area (Å²) in [5, 5.41) is 6.29. The van der Waals surface area contributed by atoms with Crippen molar-refractivity contribution in [3.63, 3.8) is 0 Å². The van der Waals surface area contributed by atoms with Gasteiger partial charge in [0.15, 0.2) is 0 Å². The van der Waals surface area contributed by atoms with E-state index in [0.29, 0.717) is 13.1 Å². The molecule has 4 N–H and O–H groups in total. The largest absolute Gasteiger partial charge is 0.378 e. The van der Waals surface area contributed by atoms with E-state index in [1.807, 2.05) is 0 Å². The number of rotatable bonds is 15. The zero-order valence-electron chi connectivity index (χ0n) is 21.7. The standard InChI is InChI=1S/C24H32N6O6S2.2ClH/c31-37(32,21-5-1-19(2-6-21)23-25-9-10-26-23)29-13-15-35-17-18-36-16-14-30-38(33,34)22-7-3-20(4-8-22)24-27-11-12-28-24;;/h1-8,29-30H,9-18H2,(H,25,26)(H,27,28);2*1H. The van der Waals surface area contributed by atoms with Crippen molar-refractivity contribution in [1.82, 2.24) is 20.1 Å². The molecule has 0 aromatic heterocycles. The summed E-state index contributed by atoms with van der Waals surface area (Å²) < 4.78 is 65.5. The number of ether oxygens (including phenoxy) is 2. The molecule has 2 aromatic carbocycles. The van der Waals surface area contributed by atoms with Gasteiger partial charge in [0.25, 0.3) is 0 Å². The number of amidine groups is 2. The third-order valence-corrected chi connectivity index (χ3v) is 8.63. The van der Waals surface area contributed by atoms with Crippen molar-refractivity contribution < 1.29 is 26.3 Å². The van der Waals surface area contributed by atoms with Crippen LogP contribution in [-0.4, -0.2) is 94.2 Å². The molecule has 16 heteroatoms. The van der Waals surface area contributed by atoms with Gasteiger partial charge in [-0.05, 0) is 48.5 Å². The van der Waals surface area contributed by atoms with Crippen molar-refractivity contribution in [1.29, 1.82) is 0 Å². The second kappa shape index (κ2) is 16.2. The fraction of sp³-hybridized carbons (Fsp3) is 0.417. The van der Waals surface area contributed by atoms with Gasteiger partial charge in [-0.2, -0.15) is 0 Å². The Balaban J connectivity index is 0.00000280. The quantitative estimate of drug-likeness (QED) is 0.206. The molecule has 0 saturated carbocycles. The molecule has 0 spiro atoms. The van der Waals surface area contributed by atoms with Crippen LogP contribution in [0.25, 0.3) is 0 Å². The minimum absolute atomic E-state index is 0. The number of hydrogen-bond acceptors (Lipinski definition) is 10. The normalized spacial score (nSPS) is 14.8. The molecule has 12 nitrogen and oxygen atoms in total. The Morgan fingerprint density at radius 3 is 1.32 bits per heavy atom. The first-order chi connectivity index (χ1) is 18.4. The van der Waals surface area contributed by atoms with Gasteiger partial charge in [0.2, 0.25) is 20.0 Å². The van der Waals surface area contributed by atoms with Crippen molar-refractivity contribution in [2.45, 2.75) is 9.79 Å². The highest BCUT2D eigenvalue weighted by Crippen LogP contribution is 2.13. The summed E-state index contributed by atoms with van der Waals surface area (Å²) in [6.07, 6.45) is 0. The Hall–Kier alpha value is -2.30. The molecular weight excluding hydrogens is 603 g/mol. The van der Waals surface area contributed by atoms with Crippen LogP contribution in [-0.2, 0) is 29.5 Å². The van der Waals surface area contributed by atoms with Crippen LogP contribution in [0.5, 0.6) is 0 Å². The lowest BCUT2D eigenvalue weighted by Crippen LogP contribution is -2.29. The molecule has 2 aliphatic heterocycles. The smallest absolute Gasteiger partial charge is 0.240 e. The average molecular weight is 638 g/mol. The highest BCUT2D eigenvalue weighted by molar-refractivity contribution is 7.89. The molecule has 0 fully saturated rings. The number of nitrogens with zero attached hydrogens (tertiary/aromatic N) is 2. The Labute approximate surface area is 247 Å². The van der Waals surface area contributed by atoms with Crippen LogP contribution < -0.4 is 20.1 Å². The molecule has 0 amide bonds. The van der Waals surface area contributed by atoms with Crippen LogP contribution in [0, 0.1) is 0 Å². The van der Waals surface area contributed by atoms with Gasteiger partial charge in [0, 0.05) is 37.3 Å². The maximum Gasteiger partial charge on any atom is 0.240 e. The van der Waals surface area contributed by atoms with E-state index < -0.39 is 20.0 Å². The van der Waals surface area contributed by atoms with Crippen LogP contribution in [0.1, 0.15) is 11.1 Å². The minimum atomic E-state index is -3.64. The summed E-state index contributed by atoms with van der Waals surface area (Å²) in [7, 11) is -7.29. The molecule has 0 bridgehead atoms. The third kappa shape index (κ3) is 9.66. The van der Waals surface area contributed by atoms with Crippen LogP contribution >= 0.6 is 24.8 Å². The van der Waals surface area contributed by atoms with Gasteiger partial charge < -0.3 is 20.1 Å². The van der Waals surface area contributed by atoms with Crippen molar-refractivity contribution in [2.75, 3.05) is 65.7 Å². The molecule has 40 heavy (non-hydrogen) atoms. The van der Waals surface area contributed by atoms with E-state index in [4.69, 9.17) is 9.47 Å². The maximum atomic E-state index is 12.4. The lowest BCUT2D eigenvalue weighted by molar-refractivity contribution is 0.0522. The van der Waals surface area contributed by atoms with E-state index in [1.165, 1.54) is 0 Å². The molecule has 2 aromatic rings. The van der Waals surface area contributed by atoms with Gasteiger partial charge in [-0.25, -0.2) is 26.3 Å². The molecule has 0 aliphatic carbocycles. The van der Waals surface area contributed by atoms with E-state index >= 15 is 0 Å². The minimum Gasteiger partial charge on any atom is -0.378 e. The van der Waals surface area contributed by atoms with Gasteiger partial charge in [-0.1, -0.05) is 0 Å². The molecule has 4 rings (SSSR count).